The van der Waals surface area contributed by atoms with Crippen LogP contribution in [-0.2, 0) is 6.54 Å². The molecule has 0 atom stereocenters. The highest BCUT2D eigenvalue weighted by atomic mass is 32.1. The van der Waals surface area contributed by atoms with Crippen LogP contribution in [0.4, 0.5) is 5.69 Å². The fraction of sp³-hybridized carbons (Fsp3) is 0.125. The third kappa shape index (κ3) is 2.48. The van der Waals surface area contributed by atoms with Gasteiger partial charge in [0.05, 0.1) is 0 Å². The molecule has 0 radical (unpaired) electrons. The summed E-state index contributed by atoms with van der Waals surface area (Å²) in [6.45, 7) is 0.521. The zero-order chi connectivity index (χ0) is 8.97. The molecule has 0 unspecified atom stereocenters. The Hall–Kier alpha value is -1.13. The average molecular weight is 181 g/mol. The summed E-state index contributed by atoms with van der Waals surface area (Å²) < 4.78 is 0. The zero-order valence-corrected chi connectivity index (χ0v) is 7.40. The van der Waals surface area contributed by atoms with E-state index in [2.05, 4.69) is 5.32 Å². The van der Waals surface area contributed by atoms with E-state index in [4.69, 9.17) is 23.7 Å². The molecule has 0 aliphatic heterocycles. The molecule has 4 heteroatoms. The molecule has 0 aromatic heterocycles. The summed E-state index contributed by atoms with van der Waals surface area (Å²) in [5, 5.41) is 3.10. The highest BCUT2D eigenvalue weighted by molar-refractivity contribution is 7.80. The van der Waals surface area contributed by atoms with Gasteiger partial charge in [0.25, 0.3) is 0 Å². The lowest BCUT2D eigenvalue weighted by atomic mass is 10.2. The Bertz CT molecular complexity index is 285. The highest BCUT2D eigenvalue weighted by Gasteiger charge is 1.93. The van der Waals surface area contributed by atoms with Crippen LogP contribution < -0.4 is 16.8 Å². The van der Waals surface area contributed by atoms with Crippen LogP contribution in [0.2, 0.25) is 0 Å². The lowest BCUT2D eigenvalue weighted by Gasteiger charge is -2.04. The molecule has 5 N–H and O–H groups in total. The first-order valence-electron chi connectivity index (χ1n) is 3.58. The van der Waals surface area contributed by atoms with Crippen molar-refractivity contribution in [2.75, 3.05) is 5.32 Å². The van der Waals surface area contributed by atoms with Gasteiger partial charge in [0.15, 0.2) is 5.11 Å². The number of hydrogen-bond donors (Lipinski definition) is 3. The quantitative estimate of drug-likeness (QED) is 0.590. The van der Waals surface area contributed by atoms with Crippen molar-refractivity contribution in [3.8, 4) is 0 Å². The Balaban J connectivity index is 2.79. The molecule has 3 nitrogen and oxygen atoms in total. The van der Waals surface area contributed by atoms with Crippen molar-refractivity contribution in [1.29, 1.82) is 0 Å². The van der Waals surface area contributed by atoms with E-state index in [1.54, 1.807) is 0 Å². The maximum atomic E-state index is 5.46. The van der Waals surface area contributed by atoms with E-state index in [0.29, 0.717) is 6.54 Å². The SMILES string of the molecule is NCc1cccc(NC(N)=S)c1. The van der Waals surface area contributed by atoms with Crippen molar-refractivity contribution >= 4 is 23.0 Å². The van der Waals surface area contributed by atoms with Crippen LogP contribution in [0.3, 0.4) is 0 Å². The maximum absolute atomic E-state index is 5.46. The molecular weight excluding hydrogens is 170 g/mol. The van der Waals surface area contributed by atoms with Gasteiger partial charge in [-0.25, -0.2) is 0 Å². The van der Waals surface area contributed by atoms with Crippen LogP contribution in [0.5, 0.6) is 0 Å². The number of nitrogens with one attached hydrogen (secondary N) is 1. The Morgan fingerprint density at radius 3 is 2.83 bits per heavy atom. The molecular formula is C8H11N3S. The second-order valence-electron chi connectivity index (χ2n) is 2.39. The van der Waals surface area contributed by atoms with Crippen LogP contribution in [0.1, 0.15) is 5.56 Å². The normalized spacial score (nSPS) is 9.42. The van der Waals surface area contributed by atoms with Crippen molar-refractivity contribution in [1.82, 2.24) is 0 Å². The largest absolute Gasteiger partial charge is 0.376 e. The summed E-state index contributed by atoms with van der Waals surface area (Å²) in [5.74, 6) is 0. The number of anilines is 1. The predicted octanol–water partition coefficient (Wildman–Crippen LogP) is 0.801. The molecule has 0 aliphatic rings. The maximum Gasteiger partial charge on any atom is 0.168 e. The zero-order valence-electron chi connectivity index (χ0n) is 6.58. The van der Waals surface area contributed by atoms with Crippen molar-refractivity contribution in [2.24, 2.45) is 11.5 Å². The van der Waals surface area contributed by atoms with Crippen LogP contribution in [-0.4, -0.2) is 5.11 Å². The van der Waals surface area contributed by atoms with E-state index in [-0.39, 0.29) is 5.11 Å². The molecule has 12 heavy (non-hydrogen) atoms. The van der Waals surface area contributed by atoms with Crippen molar-refractivity contribution in [3.63, 3.8) is 0 Å². The Morgan fingerprint density at radius 2 is 2.25 bits per heavy atom. The Kier molecular flexibility index (Phi) is 3.01. The van der Waals surface area contributed by atoms with Crippen LogP contribution in [0.25, 0.3) is 0 Å². The smallest absolute Gasteiger partial charge is 0.168 e. The topological polar surface area (TPSA) is 64.1 Å². The standard InChI is InChI=1S/C8H11N3S/c9-5-6-2-1-3-7(4-6)11-8(10)12/h1-4H,5,9H2,(H3,10,11,12). The minimum atomic E-state index is 0.268. The van der Waals surface area contributed by atoms with Gasteiger partial charge in [-0.05, 0) is 29.9 Å². The summed E-state index contributed by atoms with van der Waals surface area (Å²) in [4.78, 5) is 0. The number of thiocarbonyl (C=S) groups is 1. The molecule has 0 saturated carbocycles. The number of nitrogens with two attached hydrogens (primary N) is 2. The monoisotopic (exact) mass is 181 g/mol. The van der Waals surface area contributed by atoms with Gasteiger partial charge in [0, 0.05) is 12.2 Å². The minimum absolute atomic E-state index is 0.268. The van der Waals surface area contributed by atoms with Gasteiger partial charge in [-0.3, -0.25) is 0 Å². The van der Waals surface area contributed by atoms with Gasteiger partial charge in [-0.2, -0.15) is 0 Å². The summed E-state index contributed by atoms with van der Waals surface area (Å²) >= 11 is 4.69. The van der Waals surface area contributed by atoms with Gasteiger partial charge in [0.1, 0.15) is 0 Å². The van der Waals surface area contributed by atoms with E-state index >= 15 is 0 Å². The Morgan fingerprint density at radius 1 is 1.50 bits per heavy atom. The van der Waals surface area contributed by atoms with Crippen molar-refractivity contribution < 1.29 is 0 Å². The summed E-state index contributed by atoms with van der Waals surface area (Å²) in [6, 6.07) is 7.66. The third-order valence-electron chi connectivity index (χ3n) is 1.43. The van der Waals surface area contributed by atoms with Gasteiger partial charge in [-0.1, -0.05) is 12.1 Å². The molecule has 0 saturated heterocycles. The first kappa shape index (κ1) is 8.96. The van der Waals surface area contributed by atoms with E-state index in [1.165, 1.54) is 0 Å². The van der Waals surface area contributed by atoms with Crippen LogP contribution in [0, 0.1) is 0 Å². The third-order valence-corrected chi connectivity index (χ3v) is 1.53. The highest BCUT2D eigenvalue weighted by Crippen LogP contribution is 2.09. The molecule has 0 fully saturated rings. The fourth-order valence-corrected chi connectivity index (χ4v) is 1.04. The second kappa shape index (κ2) is 4.04. The van der Waals surface area contributed by atoms with Gasteiger partial charge >= 0.3 is 0 Å². The van der Waals surface area contributed by atoms with Crippen LogP contribution in [0.15, 0.2) is 24.3 Å². The molecule has 0 bridgehead atoms. The molecule has 0 aliphatic carbocycles. The van der Waals surface area contributed by atoms with Crippen LogP contribution >= 0.6 is 12.2 Å². The first-order valence-corrected chi connectivity index (χ1v) is 3.98. The first-order chi connectivity index (χ1) is 5.72. The average Bonchev–Trinajstić information content (AvgIpc) is 2.03. The summed E-state index contributed by atoms with van der Waals surface area (Å²) in [6.07, 6.45) is 0. The number of benzene rings is 1. The van der Waals surface area contributed by atoms with Gasteiger partial charge in [-0.15, -0.1) is 0 Å². The molecule has 0 spiro atoms. The fourth-order valence-electron chi connectivity index (χ4n) is 0.918. The van der Waals surface area contributed by atoms with E-state index in [0.717, 1.165) is 11.3 Å². The second-order valence-corrected chi connectivity index (χ2v) is 2.83. The summed E-state index contributed by atoms with van der Waals surface area (Å²) in [5.41, 5.74) is 12.7. The molecule has 1 rings (SSSR count). The van der Waals surface area contributed by atoms with Gasteiger partial charge < -0.3 is 16.8 Å². The van der Waals surface area contributed by atoms with Gasteiger partial charge in [0.2, 0.25) is 0 Å². The van der Waals surface area contributed by atoms with E-state index in [9.17, 15) is 0 Å². The lowest BCUT2D eigenvalue weighted by molar-refractivity contribution is 1.07. The van der Waals surface area contributed by atoms with E-state index < -0.39 is 0 Å². The molecule has 1 aromatic carbocycles. The van der Waals surface area contributed by atoms with Crippen molar-refractivity contribution in [2.45, 2.75) is 6.54 Å². The molecule has 1 aromatic rings. The lowest BCUT2D eigenvalue weighted by Crippen LogP contribution is -2.18. The number of hydrogen-bond acceptors (Lipinski definition) is 2. The minimum Gasteiger partial charge on any atom is -0.376 e. The molecule has 0 amide bonds. The predicted molar refractivity (Wildman–Crippen MR) is 54.7 cm³/mol. The molecule has 0 heterocycles. The number of rotatable bonds is 2. The molecule has 64 valence electrons. The Labute approximate surface area is 76.7 Å². The van der Waals surface area contributed by atoms with Crippen molar-refractivity contribution in [3.05, 3.63) is 29.8 Å². The van der Waals surface area contributed by atoms with E-state index in [1.807, 2.05) is 24.3 Å². The summed E-state index contributed by atoms with van der Waals surface area (Å²) in [7, 11) is 0.